The molecule has 2 aromatic rings. The van der Waals surface area contributed by atoms with Gasteiger partial charge in [0, 0.05) is 13.1 Å². The molecule has 2 amide bonds. The molecule has 1 N–H and O–H groups in total. The van der Waals surface area contributed by atoms with Gasteiger partial charge in [-0.1, -0.05) is 12.1 Å². The lowest BCUT2D eigenvalue weighted by atomic mass is 10.1. The van der Waals surface area contributed by atoms with Crippen molar-refractivity contribution in [3.63, 3.8) is 0 Å². The first-order valence-electron chi connectivity index (χ1n) is 8.46. The van der Waals surface area contributed by atoms with E-state index in [1.54, 1.807) is 0 Å². The number of alkyl halides is 3. The van der Waals surface area contributed by atoms with Gasteiger partial charge in [-0.25, -0.2) is 0 Å². The van der Waals surface area contributed by atoms with Crippen molar-refractivity contribution < 1.29 is 32.4 Å². The van der Waals surface area contributed by atoms with Gasteiger partial charge in [0.05, 0.1) is 10.5 Å². The van der Waals surface area contributed by atoms with Gasteiger partial charge in [0.1, 0.15) is 11.3 Å². The normalized spacial score (nSPS) is 15.8. The summed E-state index contributed by atoms with van der Waals surface area (Å²) in [5.74, 6) is -1.52. The van der Waals surface area contributed by atoms with Gasteiger partial charge < -0.3 is 4.74 Å². The van der Waals surface area contributed by atoms with Gasteiger partial charge in [0.2, 0.25) is 5.75 Å². The maximum absolute atomic E-state index is 12.8. The molecule has 3 rings (SSSR count). The summed E-state index contributed by atoms with van der Waals surface area (Å²) in [6.07, 6.45) is -3.42. The minimum Gasteiger partial charge on any atom is -0.450 e. The zero-order valence-electron chi connectivity index (χ0n) is 15.6. The average molecular weight is 451 g/mol. The fourth-order valence-electron chi connectivity index (χ4n) is 2.59. The predicted octanol–water partition coefficient (Wildman–Crippen LogP) is 3.66. The molecule has 0 aromatic heterocycles. The monoisotopic (exact) mass is 451 g/mol. The number of carbonyl (C=O) groups excluding carboxylic acids is 2. The molecule has 1 saturated heterocycles. The number of thiocarbonyl (C=S) groups is 1. The molecule has 0 unspecified atom stereocenters. The lowest BCUT2D eigenvalue weighted by Gasteiger charge is -2.25. The molecular weight excluding hydrogens is 439 g/mol. The van der Waals surface area contributed by atoms with Crippen molar-refractivity contribution in [1.29, 1.82) is 0 Å². The van der Waals surface area contributed by atoms with Gasteiger partial charge in [-0.15, -0.1) is 0 Å². The molecule has 0 radical (unpaired) electrons. The lowest BCUT2D eigenvalue weighted by molar-refractivity contribution is -0.385. The fourth-order valence-corrected chi connectivity index (χ4v) is 2.77. The molecular formula is C19H12F3N3O5S. The third-order valence-corrected chi connectivity index (χ3v) is 4.58. The summed E-state index contributed by atoms with van der Waals surface area (Å²) in [6, 6.07) is 7.62. The Kier molecular flexibility index (Phi) is 5.75. The Morgan fingerprint density at radius 2 is 1.81 bits per heavy atom. The average Bonchev–Trinajstić information content (AvgIpc) is 2.70. The third kappa shape index (κ3) is 4.69. The first-order valence-corrected chi connectivity index (χ1v) is 8.87. The number of amides is 2. The van der Waals surface area contributed by atoms with Crippen molar-refractivity contribution in [2.75, 3.05) is 7.05 Å². The second-order valence-corrected chi connectivity index (χ2v) is 6.68. The Morgan fingerprint density at radius 1 is 1.16 bits per heavy atom. The highest BCUT2D eigenvalue weighted by Crippen LogP contribution is 2.37. The van der Waals surface area contributed by atoms with Gasteiger partial charge in [0.25, 0.3) is 11.8 Å². The SMILES string of the molecule is CN1C(=O)/C(=C/c2ccc(Oc3ccc(C(F)(F)F)cc3[N+](=O)[O-])cc2)C(=O)NC1=S. The standard InChI is InChI=1S/C19H12F3N3O5S/c1-24-17(27)13(16(26)23-18(24)31)8-10-2-5-12(6-3-10)30-15-7-4-11(19(20,21)22)9-14(15)25(28)29/h2-9H,1H3,(H,23,26,31)/b13-8+. The van der Waals surface area contributed by atoms with Crippen molar-refractivity contribution in [3.8, 4) is 11.5 Å². The number of nitro benzene ring substituents is 1. The van der Waals surface area contributed by atoms with Crippen LogP contribution < -0.4 is 10.1 Å². The van der Waals surface area contributed by atoms with E-state index in [9.17, 15) is 32.9 Å². The summed E-state index contributed by atoms with van der Waals surface area (Å²) in [5.41, 5.74) is -1.73. The molecule has 0 bridgehead atoms. The van der Waals surface area contributed by atoms with Crippen LogP contribution in [0.4, 0.5) is 18.9 Å². The maximum Gasteiger partial charge on any atom is 0.416 e. The van der Waals surface area contributed by atoms with Crippen LogP contribution in [0.3, 0.4) is 0 Å². The van der Waals surface area contributed by atoms with Crippen molar-refractivity contribution >= 4 is 40.9 Å². The predicted molar refractivity (Wildman–Crippen MR) is 106 cm³/mol. The molecule has 0 atom stereocenters. The first kappa shape index (κ1) is 21.9. The van der Waals surface area contributed by atoms with Gasteiger partial charge >= 0.3 is 11.9 Å². The number of rotatable bonds is 4. The Morgan fingerprint density at radius 3 is 2.39 bits per heavy atom. The molecule has 2 aromatic carbocycles. The van der Waals surface area contributed by atoms with E-state index >= 15 is 0 Å². The second kappa shape index (κ2) is 8.14. The highest BCUT2D eigenvalue weighted by molar-refractivity contribution is 7.80. The summed E-state index contributed by atoms with van der Waals surface area (Å²) in [5, 5.41) is 13.5. The molecule has 1 heterocycles. The molecule has 1 aliphatic heterocycles. The van der Waals surface area contributed by atoms with Crippen LogP contribution in [0.15, 0.2) is 48.0 Å². The van der Waals surface area contributed by atoms with Crippen LogP contribution >= 0.6 is 12.2 Å². The third-order valence-electron chi connectivity index (χ3n) is 4.21. The molecule has 1 fully saturated rings. The molecule has 12 heteroatoms. The van der Waals surface area contributed by atoms with Gasteiger partial charge in [-0.05, 0) is 48.1 Å². The second-order valence-electron chi connectivity index (χ2n) is 6.29. The minimum atomic E-state index is -4.74. The first-order chi connectivity index (χ1) is 14.5. The molecule has 160 valence electrons. The topological polar surface area (TPSA) is 102 Å². The van der Waals surface area contributed by atoms with Crippen LogP contribution in [0, 0.1) is 10.1 Å². The van der Waals surface area contributed by atoms with E-state index in [1.807, 2.05) is 0 Å². The quantitative estimate of drug-likeness (QED) is 0.250. The van der Waals surface area contributed by atoms with E-state index in [4.69, 9.17) is 17.0 Å². The number of carbonyl (C=O) groups is 2. The van der Waals surface area contributed by atoms with Gasteiger partial charge in [-0.2, -0.15) is 13.2 Å². The number of ether oxygens (including phenoxy) is 1. The number of nitrogens with zero attached hydrogens (tertiary/aromatic N) is 2. The van der Waals surface area contributed by atoms with Crippen LogP contribution in [0.2, 0.25) is 0 Å². The zero-order valence-corrected chi connectivity index (χ0v) is 16.4. The van der Waals surface area contributed by atoms with Crippen LogP contribution in [0.25, 0.3) is 6.08 Å². The number of nitro groups is 1. The molecule has 0 spiro atoms. The Hall–Kier alpha value is -3.80. The number of nitrogens with one attached hydrogen (secondary N) is 1. The maximum atomic E-state index is 12.8. The number of likely N-dealkylation sites (N-methyl/N-ethyl adjacent to an activating group) is 1. The smallest absolute Gasteiger partial charge is 0.416 e. The summed E-state index contributed by atoms with van der Waals surface area (Å²) < 4.78 is 43.7. The fraction of sp³-hybridized carbons (Fsp3) is 0.105. The van der Waals surface area contributed by atoms with Crippen LogP contribution in [-0.4, -0.2) is 33.8 Å². The largest absolute Gasteiger partial charge is 0.450 e. The summed E-state index contributed by atoms with van der Waals surface area (Å²) in [6.45, 7) is 0. The van der Waals surface area contributed by atoms with E-state index in [0.29, 0.717) is 17.7 Å². The molecule has 1 aliphatic rings. The van der Waals surface area contributed by atoms with Crippen molar-refractivity contribution in [3.05, 3.63) is 69.3 Å². The van der Waals surface area contributed by atoms with E-state index in [-0.39, 0.29) is 22.2 Å². The zero-order chi connectivity index (χ0) is 22.9. The summed E-state index contributed by atoms with van der Waals surface area (Å²) in [7, 11) is 1.41. The Balaban J connectivity index is 1.85. The number of hydrogen-bond acceptors (Lipinski definition) is 6. The van der Waals surface area contributed by atoms with Crippen LogP contribution in [0.5, 0.6) is 11.5 Å². The Labute approximate surface area is 178 Å². The summed E-state index contributed by atoms with van der Waals surface area (Å²) in [4.78, 5) is 35.5. The van der Waals surface area contributed by atoms with E-state index in [0.717, 1.165) is 11.0 Å². The Bertz CT molecular complexity index is 1130. The highest BCUT2D eigenvalue weighted by Gasteiger charge is 2.33. The van der Waals surface area contributed by atoms with Crippen molar-refractivity contribution in [1.82, 2.24) is 10.2 Å². The highest BCUT2D eigenvalue weighted by atomic mass is 32.1. The number of hydrogen-bond donors (Lipinski definition) is 1. The van der Waals surface area contributed by atoms with Gasteiger partial charge in [-0.3, -0.25) is 29.9 Å². The van der Waals surface area contributed by atoms with Gasteiger partial charge in [0.15, 0.2) is 5.11 Å². The minimum absolute atomic E-state index is 0.0194. The number of halogens is 3. The van der Waals surface area contributed by atoms with Crippen LogP contribution in [0.1, 0.15) is 11.1 Å². The van der Waals surface area contributed by atoms with E-state index < -0.39 is 34.2 Å². The van der Waals surface area contributed by atoms with Crippen molar-refractivity contribution in [2.24, 2.45) is 0 Å². The summed E-state index contributed by atoms with van der Waals surface area (Å²) >= 11 is 4.86. The molecule has 8 nitrogen and oxygen atoms in total. The lowest BCUT2D eigenvalue weighted by Crippen LogP contribution is -2.52. The molecule has 0 saturated carbocycles. The van der Waals surface area contributed by atoms with Crippen LogP contribution in [-0.2, 0) is 15.8 Å². The number of benzene rings is 2. The molecule has 0 aliphatic carbocycles. The van der Waals surface area contributed by atoms with Crippen molar-refractivity contribution in [2.45, 2.75) is 6.18 Å². The van der Waals surface area contributed by atoms with E-state index in [1.165, 1.54) is 37.4 Å². The molecule has 31 heavy (non-hydrogen) atoms. The van der Waals surface area contributed by atoms with E-state index in [2.05, 4.69) is 5.32 Å².